The lowest BCUT2D eigenvalue weighted by molar-refractivity contribution is 0.0746. The van der Waals surface area contributed by atoms with Gasteiger partial charge in [0.1, 0.15) is 13.2 Å². The van der Waals surface area contributed by atoms with Gasteiger partial charge in [0.25, 0.3) is 5.91 Å². The van der Waals surface area contributed by atoms with Crippen LogP contribution in [0.25, 0.3) is 5.69 Å². The van der Waals surface area contributed by atoms with Crippen molar-refractivity contribution in [1.29, 1.82) is 0 Å². The lowest BCUT2D eigenvalue weighted by Gasteiger charge is -2.36. The lowest BCUT2D eigenvalue weighted by atomic mass is 10.2. The molecule has 2 aliphatic heterocycles. The quantitative estimate of drug-likeness (QED) is 0.650. The Morgan fingerprint density at radius 3 is 2.26 bits per heavy atom. The molecule has 5 rings (SSSR count). The van der Waals surface area contributed by atoms with Crippen LogP contribution in [0.5, 0.6) is 11.5 Å². The van der Waals surface area contributed by atoms with Crippen molar-refractivity contribution in [2.75, 3.05) is 44.3 Å². The van der Waals surface area contributed by atoms with Crippen LogP contribution >= 0.6 is 0 Å². The van der Waals surface area contributed by atoms with Gasteiger partial charge in [0.2, 0.25) is 0 Å². The van der Waals surface area contributed by atoms with Crippen molar-refractivity contribution in [3.8, 4) is 17.2 Å². The molecule has 31 heavy (non-hydrogen) atoms. The molecule has 0 bridgehead atoms. The van der Waals surface area contributed by atoms with Crippen molar-refractivity contribution in [3.05, 3.63) is 71.5 Å². The zero-order valence-corrected chi connectivity index (χ0v) is 18.0. The van der Waals surface area contributed by atoms with Crippen LogP contribution in [0.4, 0.5) is 5.69 Å². The minimum Gasteiger partial charge on any atom is -0.486 e. The third-order valence-corrected chi connectivity index (χ3v) is 6.13. The number of aryl methyl sites for hydroxylation is 1. The van der Waals surface area contributed by atoms with Crippen LogP contribution in [-0.4, -0.2) is 54.8 Å². The van der Waals surface area contributed by atoms with E-state index in [2.05, 4.69) is 33.7 Å². The fraction of sp³-hybridized carbons (Fsp3) is 0.320. The van der Waals surface area contributed by atoms with Gasteiger partial charge in [0.05, 0.1) is 5.56 Å². The van der Waals surface area contributed by atoms with Gasteiger partial charge in [-0.05, 0) is 44.2 Å². The van der Waals surface area contributed by atoms with E-state index in [9.17, 15) is 4.79 Å². The van der Waals surface area contributed by atoms with Gasteiger partial charge in [-0.3, -0.25) is 4.79 Å². The number of hydrogen-bond acceptors (Lipinski definition) is 4. The molecule has 0 unspecified atom stereocenters. The Morgan fingerprint density at radius 1 is 0.806 bits per heavy atom. The molecule has 0 saturated carbocycles. The number of anilines is 1. The number of para-hydroxylation sites is 1. The van der Waals surface area contributed by atoms with Crippen LogP contribution in [0.1, 0.15) is 21.7 Å². The minimum atomic E-state index is 0.101. The van der Waals surface area contributed by atoms with Gasteiger partial charge < -0.3 is 23.8 Å². The first-order valence-electron chi connectivity index (χ1n) is 10.8. The van der Waals surface area contributed by atoms with Gasteiger partial charge in [0.15, 0.2) is 11.5 Å². The summed E-state index contributed by atoms with van der Waals surface area (Å²) in [5.74, 6) is 1.62. The number of carbonyl (C=O) groups is 1. The molecule has 0 N–H and O–H groups in total. The largest absolute Gasteiger partial charge is 0.486 e. The Morgan fingerprint density at radius 2 is 1.52 bits per heavy atom. The average molecular weight is 418 g/mol. The predicted octanol–water partition coefficient (Wildman–Crippen LogP) is 3.83. The zero-order chi connectivity index (χ0) is 21.4. The number of ether oxygens (including phenoxy) is 2. The summed E-state index contributed by atoms with van der Waals surface area (Å²) < 4.78 is 13.5. The van der Waals surface area contributed by atoms with Crippen molar-refractivity contribution < 1.29 is 14.3 Å². The summed E-state index contributed by atoms with van der Waals surface area (Å²) in [5.41, 5.74) is 4.93. The van der Waals surface area contributed by atoms with Gasteiger partial charge in [-0.15, -0.1) is 0 Å². The second kappa shape index (κ2) is 8.02. The second-order valence-electron chi connectivity index (χ2n) is 8.06. The number of rotatable bonds is 3. The van der Waals surface area contributed by atoms with E-state index in [0.29, 0.717) is 13.2 Å². The van der Waals surface area contributed by atoms with Gasteiger partial charge in [-0.25, -0.2) is 0 Å². The van der Waals surface area contributed by atoms with Crippen molar-refractivity contribution in [3.63, 3.8) is 0 Å². The van der Waals surface area contributed by atoms with E-state index in [4.69, 9.17) is 9.47 Å². The van der Waals surface area contributed by atoms with Crippen molar-refractivity contribution in [1.82, 2.24) is 9.47 Å². The molecule has 6 heteroatoms. The van der Waals surface area contributed by atoms with Crippen molar-refractivity contribution >= 4 is 11.6 Å². The molecule has 1 amide bonds. The third-order valence-electron chi connectivity index (χ3n) is 6.13. The van der Waals surface area contributed by atoms with E-state index in [0.717, 1.165) is 60.3 Å². The summed E-state index contributed by atoms with van der Waals surface area (Å²) in [6.45, 7) is 8.31. The summed E-state index contributed by atoms with van der Waals surface area (Å²) in [6.07, 6.45) is 0. The summed E-state index contributed by atoms with van der Waals surface area (Å²) in [6, 6.07) is 18.3. The molecule has 0 atom stereocenters. The standard InChI is InChI=1S/C25H27N3O3/c1-18-16-22(19(2)28(18)21-8-9-23-24(17-21)31-15-14-30-23)25(29)27-12-10-26(11-13-27)20-6-4-3-5-7-20/h3-9,16-17H,10-15H2,1-2H3. The van der Waals surface area contributed by atoms with Crippen LogP contribution in [0.2, 0.25) is 0 Å². The first-order chi connectivity index (χ1) is 15.1. The first kappa shape index (κ1) is 19.5. The first-order valence-corrected chi connectivity index (χ1v) is 10.8. The number of fused-ring (bicyclic) bond motifs is 1. The summed E-state index contributed by atoms with van der Waals surface area (Å²) >= 11 is 0. The number of amides is 1. The van der Waals surface area contributed by atoms with Crippen LogP contribution in [0.15, 0.2) is 54.6 Å². The van der Waals surface area contributed by atoms with E-state index < -0.39 is 0 Å². The third kappa shape index (κ3) is 3.63. The van der Waals surface area contributed by atoms with E-state index in [1.54, 1.807) is 0 Å². The lowest BCUT2D eigenvalue weighted by Crippen LogP contribution is -2.48. The molecular formula is C25H27N3O3. The molecule has 2 aliphatic rings. The maximum atomic E-state index is 13.3. The highest BCUT2D eigenvalue weighted by molar-refractivity contribution is 5.96. The Balaban J connectivity index is 1.35. The molecule has 0 spiro atoms. The highest BCUT2D eigenvalue weighted by atomic mass is 16.6. The van der Waals surface area contributed by atoms with E-state index in [-0.39, 0.29) is 5.91 Å². The Hall–Kier alpha value is -3.41. The van der Waals surface area contributed by atoms with E-state index in [1.165, 1.54) is 5.69 Å². The molecule has 160 valence electrons. The fourth-order valence-corrected chi connectivity index (χ4v) is 4.52. The molecule has 0 radical (unpaired) electrons. The second-order valence-corrected chi connectivity index (χ2v) is 8.06. The molecule has 2 aromatic carbocycles. The number of aromatic nitrogens is 1. The molecular weight excluding hydrogens is 390 g/mol. The number of hydrogen-bond donors (Lipinski definition) is 0. The summed E-state index contributed by atoms with van der Waals surface area (Å²) in [7, 11) is 0. The zero-order valence-electron chi connectivity index (χ0n) is 18.0. The molecule has 1 aromatic heterocycles. The maximum Gasteiger partial charge on any atom is 0.255 e. The van der Waals surface area contributed by atoms with Crippen molar-refractivity contribution in [2.24, 2.45) is 0 Å². The van der Waals surface area contributed by atoms with Crippen LogP contribution in [-0.2, 0) is 0 Å². The Bertz CT molecular complexity index is 1100. The number of benzene rings is 2. The van der Waals surface area contributed by atoms with Crippen LogP contribution in [0, 0.1) is 13.8 Å². The van der Waals surface area contributed by atoms with E-state index >= 15 is 0 Å². The minimum absolute atomic E-state index is 0.101. The summed E-state index contributed by atoms with van der Waals surface area (Å²) in [4.78, 5) is 17.6. The number of piperazine rings is 1. The molecule has 1 fully saturated rings. The Labute approximate surface area is 182 Å². The van der Waals surface area contributed by atoms with Gasteiger partial charge in [0, 0.05) is 55.0 Å². The maximum absolute atomic E-state index is 13.3. The van der Waals surface area contributed by atoms with Gasteiger partial charge in [-0.2, -0.15) is 0 Å². The smallest absolute Gasteiger partial charge is 0.255 e. The fourth-order valence-electron chi connectivity index (χ4n) is 4.52. The van der Waals surface area contributed by atoms with Gasteiger partial charge in [-0.1, -0.05) is 18.2 Å². The highest BCUT2D eigenvalue weighted by Crippen LogP contribution is 2.33. The predicted molar refractivity (Wildman–Crippen MR) is 121 cm³/mol. The highest BCUT2D eigenvalue weighted by Gasteiger charge is 2.26. The van der Waals surface area contributed by atoms with Crippen molar-refractivity contribution in [2.45, 2.75) is 13.8 Å². The molecule has 1 saturated heterocycles. The average Bonchev–Trinajstić information content (AvgIpc) is 3.12. The number of carbonyl (C=O) groups excluding carboxylic acids is 1. The SMILES string of the molecule is Cc1cc(C(=O)N2CCN(c3ccccc3)CC2)c(C)n1-c1ccc2c(c1)OCCO2. The molecule has 0 aliphatic carbocycles. The van der Waals surface area contributed by atoms with E-state index in [1.807, 2.05) is 49.1 Å². The molecule has 3 aromatic rings. The molecule has 6 nitrogen and oxygen atoms in total. The summed E-state index contributed by atoms with van der Waals surface area (Å²) in [5, 5.41) is 0. The Kier molecular flexibility index (Phi) is 5.06. The monoisotopic (exact) mass is 417 g/mol. The number of nitrogens with zero attached hydrogens (tertiary/aromatic N) is 3. The normalized spacial score (nSPS) is 15.8. The molecule has 3 heterocycles. The van der Waals surface area contributed by atoms with Crippen LogP contribution < -0.4 is 14.4 Å². The van der Waals surface area contributed by atoms with Gasteiger partial charge >= 0.3 is 0 Å². The topological polar surface area (TPSA) is 46.9 Å². The van der Waals surface area contributed by atoms with Crippen LogP contribution in [0.3, 0.4) is 0 Å².